The predicted molar refractivity (Wildman–Crippen MR) is 53.7 cm³/mol. The molecule has 0 aliphatic rings. The summed E-state index contributed by atoms with van der Waals surface area (Å²) in [7, 11) is 0. The molecule has 2 nitrogen and oxygen atoms in total. The summed E-state index contributed by atoms with van der Waals surface area (Å²) in [4.78, 5) is 10.1. The molecule has 0 spiro atoms. The fourth-order valence-corrected chi connectivity index (χ4v) is 1.26. The van der Waals surface area contributed by atoms with Crippen molar-refractivity contribution in [3.05, 3.63) is 33.3 Å². The van der Waals surface area contributed by atoms with Crippen LogP contribution in [0.2, 0.25) is 5.02 Å². The van der Waals surface area contributed by atoms with Gasteiger partial charge in [0, 0.05) is 16.0 Å². The van der Waals surface area contributed by atoms with Gasteiger partial charge in [0.2, 0.25) is 0 Å². The number of rotatable bonds is 0. The fraction of sp³-hybridized carbons (Fsp3) is 0. The second kappa shape index (κ2) is 4.31. The molecule has 0 saturated carbocycles. The highest BCUT2D eigenvalue weighted by Gasteiger charge is 2.00. The van der Waals surface area contributed by atoms with E-state index in [1.54, 1.807) is 18.2 Å². The molecule has 13 heavy (non-hydrogen) atoms. The van der Waals surface area contributed by atoms with Crippen molar-refractivity contribution in [2.24, 2.45) is 0 Å². The third-order valence-corrected chi connectivity index (χ3v) is 2.55. The first-order chi connectivity index (χ1) is 6.11. The smallest absolute Gasteiger partial charge is 0.382 e. The van der Waals surface area contributed by atoms with Gasteiger partial charge in [-0.15, -0.1) is 0 Å². The van der Waals surface area contributed by atoms with Gasteiger partial charge in [0.1, 0.15) is 0 Å². The van der Waals surface area contributed by atoms with Crippen LogP contribution in [0.3, 0.4) is 0 Å². The minimum atomic E-state index is -1.17. The van der Waals surface area contributed by atoms with Crippen LogP contribution in [0.25, 0.3) is 0 Å². The highest BCUT2D eigenvalue weighted by Crippen LogP contribution is 2.24. The average molecular weight is 259 g/mol. The molecule has 0 bridgehead atoms. The molecule has 0 saturated heterocycles. The molecule has 0 fully saturated rings. The normalized spacial score (nSPS) is 8.77. The molecule has 0 aliphatic carbocycles. The first-order valence-electron chi connectivity index (χ1n) is 3.30. The van der Waals surface area contributed by atoms with Crippen molar-refractivity contribution < 1.29 is 9.90 Å². The Hall–Kier alpha value is -0.980. The van der Waals surface area contributed by atoms with Crippen LogP contribution in [0.1, 0.15) is 5.56 Å². The van der Waals surface area contributed by atoms with Gasteiger partial charge < -0.3 is 5.11 Å². The van der Waals surface area contributed by atoms with Crippen LogP contribution >= 0.6 is 27.5 Å². The van der Waals surface area contributed by atoms with Crippen molar-refractivity contribution in [3.8, 4) is 11.8 Å². The summed E-state index contributed by atoms with van der Waals surface area (Å²) in [6.07, 6.45) is 0. The van der Waals surface area contributed by atoms with Crippen LogP contribution in [-0.4, -0.2) is 11.1 Å². The lowest BCUT2D eigenvalue weighted by Gasteiger charge is -1.96. The predicted octanol–water partition coefficient (Wildman–Crippen LogP) is 2.54. The number of benzene rings is 1. The van der Waals surface area contributed by atoms with E-state index in [2.05, 4.69) is 21.9 Å². The Morgan fingerprint density at radius 3 is 2.85 bits per heavy atom. The fourth-order valence-electron chi connectivity index (χ4n) is 0.721. The minimum Gasteiger partial charge on any atom is -0.472 e. The Morgan fingerprint density at radius 1 is 1.54 bits per heavy atom. The number of carbonyl (C=O) groups is 1. The average Bonchev–Trinajstić information content (AvgIpc) is 2.07. The monoisotopic (exact) mass is 258 g/mol. The number of hydrogen-bond donors (Lipinski definition) is 1. The topological polar surface area (TPSA) is 37.3 Å². The molecular weight excluding hydrogens is 255 g/mol. The van der Waals surface area contributed by atoms with Crippen LogP contribution in [0.15, 0.2) is 22.7 Å². The van der Waals surface area contributed by atoms with E-state index in [9.17, 15) is 4.79 Å². The van der Waals surface area contributed by atoms with Crippen molar-refractivity contribution in [3.63, 3.8) is 0 Å². The van der Waals surface area contributed by atoms with E-state index in [1.165, 1.54) is 0 Å². The van der Waals surface area contributed by atoms with Gasteiger partial charge in [0.25, 0.3) is 0 Å². The second-order valence-electron chi connectivity index (χ2n) is 2.16. The number of halogens is 2. The summed E-state index contributed by atoms with van der Waals surface area (Å²) < 4.78 is 0.700. The highest BCUT2D eigenvalue weighted by molar-refractivity contribution is 9.10. The molecule has 1 aromatic rings. The lowest BCUT2D eigenvalue weighted by atomic mass is 10.2. The summed E-state index contributed by atoms with van der Waals surface area (Å²) in [5.41, 5.74) is 0.499. The van der Waals surface area contributed by atoms with Crippen LogP contribution < -0.4 is 0 Å². The molecule has 1 rings (SSSR count). The quantitative estimate of drug-likeness (QED) is 0.727. The zero-order chi connectivity index (χ0) is 9.84. The molecule has 0 unspecified atom stereocenters. The van der Waals surface area contributed by atoms with E-state index in [4.69, 9.17) is 16.7 Å². The molecular formula is C9H4BrClO2. The molecule has 0 aromatic heterocycles. The van der Waals surface area contributed by atoms with Gasteiger partial charge in [0.05, 0.1) is 5.02 Å². The Labute approximate surface area is 88.7 Å². The third kappa shape index (κ3) is 2.76. The first-order valence-corrected chi connectivity index (χ1v) is 4.47. The van der Waals surface area contributed by atoms with E-state index in [-0.39, 0.29) is 0 Å². The van der Waals surface area contributed by atoms with E-state index in [0.717, 1.165) is 0 Å². The van der Waals surface area contributed by atoms with Gasteiger partial charge in [-0.25, -0.2) is 4.79 Å². The molecule has 0 radical (unpaired) electrons. The molecule has 1 aromatic carbocycles. The maximum absolute atomic E-state index is 10.1. The van der Waals surface area contributed by atoms with Gasteiger partial charge in [-0.2, -0.15) is 0 Å². The maximum atomic E-state index is 10.1. The molecule has 0 amide bonds. The Bertz CT molecular complexity index is 404. The SMILES string of the molecule is O=C(O)C#Cc1cccc(Br)c1Cl. The van der Waals surface area contributed by atoms with E-state index in [0.29, 0.717) is 15.1 Å². The Morgan fingerprint density at radius 2 is 2.23 bits per heavy atom. The van der Waals surface area contributed by atoms with Gasteiger partial charge in [-0.3, -0.25) is 0 Å². The molecule has 0 aliphatic heterocycles. The number of carboxylic acids is 1. The highest BCUT2D eigenvalue weighted by atomic mass is 79.9. The second-order valence-corrected chi connectivity index (χ2v) is 3.39. The lowest BCUT2D eigenvalue weighted by Crippen LogP contribution is -1.87. The largest absolute Gasteiger partial charge is 0.472 e. The first kappa shape index (κ1) is 10.1. The summed E-state index contributed by atoms with van der Waals surface area (Å²) in [5.74, 6) is 3.26. The molecule has 0 heterocycles. The lowest BCUT2D eigenvalue weighted by molar-refractivity contribution is -0.130. The maximum Gasteiger partial charge on any atom is 0.382 e. The summed E-state index contributed by atoms with van der Waals surface area (Å²) >= 11 is 9.04. The zero-order valence-corrected chi connectivity index (χ0v) is 8.69. The summed E-state index contributed by atoms with van der Waals surface area (Å²) in [5, 5.41) is 8.73. The van der Waals surface area contributed by atoms with Gasteiger partial charge in [-0.1, -0.05) is 23.6 Å². The van der Waals surface area contributed by atoms with Crippen molar-refractivity contribution in [2.75, 3.05) is 0 Å². The number of hydrogen-bond acceptors (Lipinski definition) is 1. The summed E-state index contributed by atoms with van der Waals surface area (Å²) in [6.45, 7) is 0. The molecule has 4 heteroatoms. The Balaban J connectivity index is 3.11. The number of aliphatic carboxylic acids is 1. The minimum absolute atomic E-state index is 0.427. The van der Waals surface area contributed by atoms with Gasteiger partial charge in [0.15, 0.2) is 0 Å². The van der Waals surface area contributed by atoms with Crippen LogP contribution in [0.5, 0.6) is 0 Å². The molecule has 1 N–H and O–H groups in total. The van der Waals surface area contributed by atoms with Crippen LogP contribution in [-0.2, 0) is 4.79 Å². The zero-order valence-electron chi connectivity index (χ0n) is 6.34. The van der Waals surface area contributed by atoms with Crippen molar-refractivity contribution in [1.82, 2.24) is 0 Å². The Kier molecular flexibility index (Phi) is 3.35. The van der Waals surface area contributed by atoms with Crippen molar-refractivity contribution in [2.45, 2.75) is 0 Å². The van der Waals surface area contributed by atoms with Gasteiger partial charge >= 0.3 is 5.97 Å². The standard InChI is InChI=1S/C9H4BrClO2/c10-7-3-1-2-6(9(7)11)4-5-8(12)13/h1-3H,(H,12,13). The van der Waals surface area contributed by atoms with Crippen molar-refractivity contribution >= 4 is 33.5 Å². The molecule has 66 valence electrons. The van der Waals surface area contributed by atoms with E-state index < -0.39 is 5.97 Å². The van der Waals surface area contributed by atoms with E-state index in [1.807, 2.05) is 5.92 Å². The molecule has 0 atom stereocenters. The summed E-state index contributed by atoms with van der Waals surface area (Å²) in [6, 6.07) is 5.15. The van der Waals surface area contributed by atoms with Crippen LogP contribution in [0.4, 0.5) is 0 Å². The van der Waals surface area contributed by atoms with E-state index >= 15 is 0 Å². The van der Waals surface area contributed by atoms with Crippen LogP contribution in [0, 0.1) is 11.8 Å². The van der Waals surface area contributed by atoms with Crippen molar-refractivity contribution in [1.29, 1.82) is 0 Å². The number of carboxylic acid groups (broad SMARTS) is 1. The van der Waals surface area contributed by atoms with Gasteiger partial charge in [-0.05, 0) is 28.1 Å². The third-order valence-electron chi connectivity index (χ3n) is 1.26.